The van der Waals surface area contributed by atoms with Crippen LogP contribution in [-0.4, -0.2) is 11.2 Å². The Morgan fingerprint density at radius 3 is 2.52 bits per heavy atom. The zero-order chi connectivity index (χ0) is 15.1. The molecule has 1 atom stereocenters. The van der Waals surface area contributed by atoms with E-state index in [0.717, 1.165) is 11.3 Å². The van der Waals surface area contributed by atoms with Gasteiger partial charge < -0.3 is 5.32 Å². The first kappa shape index (κ1) is 15.6. The number of nitrogens with one attached hydrogen (secondary N) is 1. The molecule has 0 aliphatic carbocycles. The lowest BCUT2D eigenvalue weighted by Gasteiger charge is -2.12. The molecule has 0 radical (unpaired) electrons. The Labute approximate surface area is 131 Å². The predicted molar refractivity (Wildman–Crippen MR) is 90.2 cm³/mol. The van der Waals surface area contributed by atoms with Crippen molar-refractivity contribution in [2.75, 3.05) is 0 Å². The number of benzene rings is 2. The third-order valence-electron chi connectivity index (χ3n) is 3.26. The summed E-state index contributed by atoms with van der Waals surface area (Å²) < 4.78 is 0. The van der Waals surface area contributed by atoms with Crippen LogP contribution >= 0.6 is 11.8 Å². The quantitative estimate of drug-likeness (QED) is 0.875. The van der Waals surface area contributed by atoms with Gasteiger partial charge in [-0.3, -0.25) is 4.79 Å². The van der Waals surface area contributed by atoms with E-state index in [9.17, 15) is 4.79 Å². The summed E-state index contributed by atoms with van der Waals surface area (Å²) in [5.41, 5.74) is 3.61. The van der Waals surface area contributed by atoms with Gasteiger partial charge in [0, 0.05) is 12.3 Å². The SMILES string of the molecule is Cc1cccc(CNC(=O)[C@@H](C)SCc2ccccc2)c1. The normalized spacial score (nSPS) is 11.9. The second kappa shape index (κ2) is 7.89. The number of aryl methyl sites for hydroxylation is 1. The molecule has 0 heterocycles. The highest BCUT2D eigenvalue weighted by molar-refractivity contribution is 7.99. The zero-order valence-corrected chi connectivity index (χ0v) is 13.3. The van der Waals surface area contributed by atoms with Gasteiger partial charge in [-0.25, -0.2) is 0 Å². The lowest BCUT2D eigenvalue weighted by atomic mass is 10.1. The van der Waals surface area contributed by atoms with Crippen LogP contribution < -0.4 is 5.32 Å². The molecular weight excluding hydrogens is 278 g/mol. The van der Waals surface area contributed by atoms with E-state index in [1.165, 1.54) is 11.1 Å². The van der Waals surface area contributed by atoms with Gasteiger partial charge in [-0.05, 0) is 25.0 Å². The maximum Gasteiger partial charge on any atom is 0.233 e. The first-order chi connectivity index (χ1) is 10.1. The Bertz CT molecular complexity index is 583. The number of hydrogen-bond acceptors (Lipinski definition) is 2. The van der Waals surface area contributed by atoms with E-state index >= 15 is 0 Å². The van der Waals surface area contributed by atoms with E-state index in [-0.39, 0.29) is 11.2 Å². The summed E-state index contributed by atoms with van der Waals surface area (Å²) >= 11 is 1.66. The Kier molecular flexibility index (Phi) is 5.88. The molecule has 0 fully saturated rings. The minimum Gasteiger partial charge on any atom is -0.351 e. The summed E-state index contributed by atoms with van der Waals surface area (Å²) in [7, 11) is 0. The van der Waals surface area contributed by atoms with Gasteiger partial charge in [0.05, 0.1) is 5.25 Å². The fourth-order valence-electron chi connectivity index (χ4n) is 2.03. The van der Waals surface area contributed by atoms with Crippen LogP contribution in [0.5, 0.6) is 0 Å². The van der Waals surface area contributed by atoms with Gasteiger partial charge in [0.15, 0.2) is 0 Å². The van der Waals surface area contributed by atoms with Gasteiger partial charge in [0.25, 0.3) is 0 Å². The Morgan fingerprint density at radius 1 is 1.10 bits per heavy atom. The van der Waals surface area contributed by atoms with E-state index in [0.29, 0.717) is 6.54 Å². The molecule has 0 unspecified atom stereocenters. The summed E-state index contributed by atoms with van der Waals surface area (Å²) in [6, 6.07) is 18.4. The van der Waals surface area contributed by atoms with Gasteiger partial charge in [-0.2, -0.15) is 0 Å². The van der Waals surface area contributed by atoms with Crippen LogP contribution in [0.15, 0.2) is 54.6 Å². The van der Waals surface area contributed by atoms with Crippen LogP contribution in [0.4, 0.5) is 0 Å². The third kappa shape index (κ3) is 5.27. The Hall–Kier alpha value is -1.74. The fraction of sp³-hybridized carbons (Fsp3) is 0.278. The Morgan fingerprint density at radius 2 is 1.81 bits per heavy atom. The number of rotatable bonds is 6. The van der Waals surface area contributed by atoms with Crippen molar-refractivity contribution in [3.05, 3.63) is 71.3 Å². The summed E-state index contributed by atoms with van der Waals surface area (Å²) in [5, 5.41) is 2.96. The molecule has 2 rings (SSSR count). The highest BCUT2D eigenvalue weighted by Crippen LogP contribution is 2.17. The molecule has 110 valence electrons. The van der Waals surface area contributed by atoms with E-state index in [4.69, 9.17) is 0 Å². The minimum absolute atomic E-state index is 0.0463. The van der Waals surface area contributed by atoms with Crippen molar-refractivity contribution in [2.24, 2.45) is 0 Å². The minimum atomic E-state index is -0.0463. The van der Waals surface area contributed by atoms with Crippen LogP contribution in [0.2, 0.25) is 0 Å². The van der Waals surface area contributed by atoms with Crippen LogP contribution in [0.25, 0.3) is 0 Å². The van der Waals surface area contributed by atoms with Crippen molar-refractivity contribution in [2.45, 2.75) is 31.4 Å². The molecule has 0 aliphatic rings. The van der Waals surface area contributed by atoms with Crippen molar-refractivity contribution in [3.63, 3.8) is 0 Å². The molecule has 0 aliphatic heterocycles. The van der Waals surface area contributed by atoms with Crippen LogP contribution in [-0.2, 0) is 17.1 Å². The largest absolute Gasteiger partial charge is 0.351 e. The van der Waals surface area contributed by atoms with Crippen molar-refractivity contribution in [1.29, 1.82) is 0 Å². The van der Waals surface area contributed by atoms with Crippen molar-refractivity contribution < 1.29 is 4.79 Å². The topological polar surface area (TPSA) is 29.1 Å². The highest BCUT2D eigenvalue weighted by atomic mass is 32.2. The third-order valence-corrected chi connectivity index (χ3v) is 4.48. The van der Waals surface area contributed by atoms with E-state index in [2.05, 4.69) is 36.5 Å². The maximum atomic E-state index is 12.1. The van der Waals surface area contributed by atoms with Gasteiger partial charge in [-0.15, -0.1) is 11.8 Å². The van der Waals surface area contributed by atoms with E-state index in [1.54, 1.807) is 11.8 Å². The van der Waals surface area contributed by atoms with Crippen molar-refractivity contribution in [3.8, 4) is 0 Å². The van der Waals surface area contributed by atoms with Crippen molar-refractivity contribution in [1.82, 2.24) is 5.32 Å². The number of carbonyl (C=O) groups excluding carboxylic acids is 1. The van der Waals surface area contributed by atoms with E-state index < -0.39 is 0 Å². The average Bonchev–Trinajstić information content (AvgIpc) is 2.51. The first-order valence-electron chi connectivity index (χ1n) is 7.14. The van der Waals surface area contributed by atoms with E-state index in [1.807, 2.05) is 37.3 Å². The highest BCUT2D eigenvalue weighted by Gasteiger charge is 2.12. The second-order valence-corrected chi connectivity index (χ2v) is 6.47. The summed E-state index contributed by atoms with van der Waals surface area (Å²) in [6.07, 6.45) is 0. The van der Waals surface area contributed by atoms with Gasteiger partial charge in [0.2, 0.25) is 5.91 Å². The molecule has 3 heteroatoms. The smallest absolute Gasteiger partial charge is 0.233 e. The molecule has 1 amide bonds. The molecule has 2 nitrogen and oxygen atoms in total. The molecule has 0 saturated carbocycles. The zero-order valence-electron chi connectivity index (χ0n) is 12.5. The molecule has 0 spiro atoms. The van der Waals surface area contributed by atoms with Crippen LogP contribution in [0.1, 0.15) is 23.6 Å². The molecule has 2 aromatic carbocycles. The molecular formula is C18H21NOS. The standard InChI is InChI=1S/C18H21NOS/c1-14-7-6-10-17(11-14)12-19-18(20)15(2)21-13-16-8-4-3-5-9-16/h3-11,15H,12-13H2,1-2H3,(H,19,20)/t15-/m1/s1. The molecule has 1 N–H and O–H groups in total. The summed E-state index contributed by atoms with van der Waals surface area (Å²) in [6.45, 7) is 4.61. The fourth-order valence-corrected chi connectivity index (χ4v) is 2.90. The first-order valence-corrected chi connectivity index (χ1v) is 8.19. The molecule has 2 aromatic rings. The summed E-state index contributed by atoms with van der Waals surface area (Å²) in [5.74, 6) is 0.956. The second-order valence-electron chi connectivity index (χ2n) is 5.15. The molecule has 0 saturated heterocycles. The lowest BCUT2D eigenvalue weighted by molar-refractivity contribution is -0.120. The lowest BCUT2D eigenvalue weighted by Crippen LogP contribution is -2.30. The molecule has 0 aromatic heterocycles. The summed E-state index contributed by atoms with van der Waals surface area (Å²) in [4.78, 5) is 12.1. The van der Waals surface area contributed by atoms with Gasteiger partial charge >= 0.3 is 0 Å². The Balaban J connectivity index is 1.77. The van der Waals surface area contributed by atoms with Gasteiger partial charge in [-0.1, -0.05) is 60.2 Å². The maximum absolute atomic E-state index is 12.1. The monoisotopic (exact) mass is 299 g/mol. The molecule has 21 heavy (non-hydrogen) atoms. The predicted octanol–water partition coefficient (Wildman–Crippen LogP) is 3.93. The average molecular weight is 299 g/mol. The van der Waals surface area contributed by atoms with Crippen LogP contribution in [0, 0.1) is 6.92 Å². The molecule has 0 bridgehead atoms. The number of hydrogen-bond donors (Lipinski definition) is 1. The van der Waals surface area contributed by atoms with Gasteiger partial charge in [0.1, 0.15) is 0 Å². The van der Waals surface area contributed by atoms with Crippen molar-refractivity contribution >= 4 is 17.7 Å². The van der Waals surface area contributed by atoms with Crippen LogP contribution in [0.3, 0.4) is 0 Å². The number of carbonyl (C=O) groups is 1. The number of amides is 1. The number of thioether (sulfide) groups is 1.